The Morgan fingerprint density at radius 1 is 1.17 bits per heavy atom. The third kappa shape index (κ3) is 2.80. The number of nitrogens with two attached hydrogens (primary N) is 1. The van der Waals surface area contributed by atoms with E-state index in [4.69, 9.17) is 10.5 Å². The van der Waals surface area contributed by atoms with Gasteiger partial charge >= 0.3 is 0 Å². The number of rotatable bonds is 3. The number of aryl methyl sites for hydroxylation is 1. The van der Waals surface area contributed by atoms with Crippen LogP contribution in [0.15, 0.2) is 36.5 Å². The lowest BCUT2D eigenvalue weighted by Crippen LogP contribution is -2.05. The maximum absolute atomic E-state index is 5.90. The largest absolute Gasteiger partial charge is 0.491 e. The predicted octanol–water partition coefficient (Wildman–Crippen LogP) is 3.43. The van der Waals surface area contributed by atoms with Gasteiger partial charge in [-0.1, -0.05) is 12.1 Å². The van der Waals surface area contributed by atoms with E-state index in [1.165, 1.54) is 0 Å². The number of aromatic nitrogens is 1. The van der Waals surface area contributed by atoms with E-state index in [1.54, 1.807) is 6.20 Å². The Kier molecular flexibility index (Phi) is 3.51. The van der Waals surface area contributed by atoms with Gasteiger partial charge in [-0.3, -0.25) is 0 Å². The van der Waals surface area contributed by atoms with Crippen LogP contribution in [-0.2, 0) is 0 Å². The van der Waals surface area contributed by atoms with Crippen molar-refractivity contribution in [1.82, 2.24) is 4.98 Å². The molecule has 94 valence electrons. The highest BCUT2D eigenvalue weighted by Crippen LogP contribution is 2.27. The second-order valence-corrected chi connectivity index (χ2v) is 4.64. The van der Waals surface area contributed by atoms with Crippen molar-refractivity contribution in [1.29, 1.82) is 0 Å². The Morgan fingerprint density at radius 3 is 2.44 bits per heavy atom. The van der Waals surface area contributed by atoms with Crippen LogP contribution in [0.3, 0.4) is 0 Å². The zero-order valence-electron chi connectivity index (χ0n) is 11.0. The first kappa shape index (κ1) is 12.4. The summed E-state index contributed by atoms with van der Waals surface area (Å²) >= 11 is 0. The smallest absolute Gasteiger partial charge is 0.131 e. The van der Waals surface area contributed by atoms with E-state index in [2.05, 4.69) is 4.98 Å². The molecular weight excluding hydrogens is 224 g/mol. The lowest BCUT2D eigenvalue weighted by Gasteiger charge is -2.11. The normalized spacial score (nSPS) is 10.7. The van der Waals surface area contributed by atoms with Crippen LogP contribution in [-0.4, -0.2) is 11.1 Å². The van der Waals surface area contributed by atoms with Gasteiger partial charge in [0.05, 0.1) is 6.10 Å². The fraction of sp³-hybridized carbons (Fsp3) is 0.267. The first-order valence-corrected chi connectivity index (χ1v) is 6.05. The molecule has 2 N–H and O–H groups in total. The first-order valence-electron chi connectivity index (χ1n) is 6.05. The third-order valence-electron chi connectivity index (χ3n) is 2.59. The van der Waals surface area contributed by atoms with E-state index in [9.17, 15) is 0 Å². The molecule has 0 aliphatic carbocycles. The van der Waals surface area contributed by atoms with Crippen LogP contribution in [0.4, 0.5) is 5.82 Å². The molecule has 3 heteroatoms. The lowest BCUT2D eigenvalue weighted by atomic mass is 10.1. The van der Waals surface area contributed by atoms with E-state index >= 15 is 0 Å². The molecule has 0 saturated carbocycles. The molecule has 0 spiro atoms. The number of ether oxygens (including phenoxy) is 1. The molecule has 0 bridgehead atoms. The molecule has 1 aromatic heterocycles. The second kappa shape index (κ2) is 5.08. The van der Waals surface area contributed by atoms with Gasteiger partial charge in [-0.2, -0.15) is 0 Å². The third-order valence-corrected chi connectivity index (χ3v) is 2.59. The molecule has 3 nitrogen and oxygen atoms in total. The number of nitrogens with zero attached hydrogens (tertiary/aromatic N) is 1. The first-order chi connectivity index (χ1) is 8.56. The summed E-state index contributed by atoms with van der Waals surface area (Å²) in [6, 6.07) is 9.96. The minimum Gasteiger partial charge on any atom is -0.491 e. The molecule has 0 saturated heterocycles. The van der Waals surface area contributed by atoms with Gasteiger partial charge in [-0.25, -0.2) is 4.98 Å². The molecule has 0 fully saturated rings. The zero-order valence-corrected chi connectivity index (χ0v) is 11.0. The van der Waals surface area contributed by atoms with E-state index < -0.39 is 0 Å². The van der Waals surface area contributed by atoms with E-state index in [0.29, 0.717) is 5.82 Å². The van der Waals surface area contributed by atoms with Gasteiger partial charge in [0, 0.05) is 11.8 Å². The fourth-order valence-electron chi connectivity index (χ4n) is 1.80. The average Bonchev–Trinajstić information content (AvgIpc) is 2.33. The summed E-state index contributed by atoms with van der Waals surface area (Å²) < 4.78 is 5.61. The maximum atomic E-state index is 5.90. The molecule has 2 aromatic rings. The number of benzene rings is 1. The number of anilines is 1. The van der Waals surface area contributed by atoms with Crippen LogP contribution in [0.25, 0.3) is 11.1 Å². The summed E-state index contributed by atoms with van der Waals surface area (Å²) in [5.74, 6) is 1.42. The van der Waals surface area contributed by atoms with Gasteiger partial charge < -0.3 is 10.5 Å². The summed E-state index contributed by atoms with van der Waals surface area (Å²) in [7, 11) is 0. The summed E-state index contributed by atoms with van der Waals surface area (Å²) in [5.41, 5.74) is 9.02. The van der Waals surface area contributed by atoms with Crippen molar-refractivity contribution in [2.24, 2.45) is 0 Å². The quantitative estimate of drug-likeness (QED) is 0.897. The van der Waals surface area contributed by atoms with Gasteiger partial charge in [0.2, 0.25) is 0 Å². The highest BCUT2D eigenvalue weighted by atomic mass is 16.5. The highest BCUT2D eigenvalue weighted by Gasteiger charge is 2.05. The van der Waals surface area contributed by atoms with E-state index in [1.807, 2.05) is 51.1 Å². The van der Waals surface area contributed by atoms with Gasteiger partial charge in [0.1, 0.15) is 11.6 Å². The molecule has 0 unspecified atom stereocenters. The molecule has 18 heavy (non-hydrogen) atoms. The summed E-state index contributed by atoms with van der Waals surface area (Å²) in [6.07, 6.45) is 1.95. The zero-order chi connectivity index (χ0) is 13.1. The predicted molar refractivity (Wildman–Crippen MR) is 74.6 cm³/mol. The molecule has 1 heterocycles. The average molecular weight is 242 g/mol. The second-order valence-electron chi connectivity index (χ2n) is 4.64. The summed E-state index contributed by atoms with van der Waals surface area (Å²) in [6.45, 7) is 6.03. The Labute approximate surface area is 108 Å². The Hall–Kier alpha value is -2.03. The molecule has 0 atom stereocenters. The molecule has 0 amide bonds. The number of hydrogen-bond acceptors (Lipinski definition) is 3. The molecule has 2 rings (SSSR count). The molecule has 0 aliphatic rings. The topological polar surface area (TPSA) is 48.1 Å². The van der Waals surface area contributed by atoms with Crippen molar-refractivity contribution in [3.8, 4) is 16.9 Å². The highest BCUT2D eigenvalue weighted by molar-refractivity contribution is 5.74. The summed E-state index contributed by atoms with van der Waals surface area (Å²) in [5, 5.41) is 0. The molecule has 1 aromatic carbocycles. The Bertz CT molecular complexity index is 533. The van der Waals surface area contributed by atoms with Crippen molar-refractivity contribution in [3.05, 3.63) is 42.1 Å². The van der Waals surface area contributed by atoms with Crippen LogP contribution >= 0.6 is 0 Å². The van der Waals surface area contributed by atoms with Crippen molar-refractivity contribution < 1.29 is 4.74 Å². The van der Waals surface area contributed by atoms with Crippen LogP contribution in [0.1, 0.15) is 19.4 Å². The van der Waals surface area contributed by atoms with Crippen LogP contribution in [0.5, 0.6) is 5.75 Å². The van der Waals surface area contributed by atoms with Crippen LogP contribution in [0, 0.1) is 6.92 Å². The van der Waals surface area contributed by atoms with Crippen molar-refractivity contribution in [2.45, 2.75) is 26.9 Å². The van der Waals surface area contributed by atoms with Crippen LogP contribution in [0.2, 0.25) is 0 Å². The standard InChI is InChI=1S/C15H18N2O/c1-10(2)18-13-6-4-12(5-7-13)14-8-11(3)9-17-15(14)16/h4-10H,1-3H3,(H2,16,17). The lowest BCUT2D eigenvalue weighted by molar-refractivity contribution is 0.242. The minimum atomic E-state index is 0.182. The van der Waals surface area contributed by atoms with Crippen molar-refractivity contribution in [2.75, 3.05) is 5.73 Å². The molecule has 0 radical (unpaired) electrons. The summed E-state index contributed by atoms with van der Waals surface area (Å²) in [4.78, 5) is 4.17. The number of pyridine rings is 1. The van der Waals surface area contributed by atoms with E-state index in [0.717, 1.165) is 22.4 Å². The molecule has 0 aliphatic heterocycles. The number of nitrogen functional groups attached to an aromatic ring is 1. The fourth-order valence-corrected chi connectivity index (χ4v) is 1.80. The van der Waals surface area contributed by atoms with Crippen molar-refractivity contribution >= 4 is 5.82 Å². The van der Waals surface area contributed by atoms with Gasteiger partial charge in [0.15, 0.2) is 0 Å². The van der Waals surface area contributed by atoms with E-state index in [-0.39, 0.29) is 6.10 Å². The van der Waals surface area contributed by atoms with Crippen LogP contribution < -0.4 is 10.5 Å². The monoisotopic (exact) mass is 242 g/mol. The minimum absolute atomic E-state index is 0.182. The van der Waals surface area contributed by atoms with Gasteiger partial charge in [-0.15, -0.1) is 0 Å². The maximum Gasteiger partial charge on any atom is 0.131 e. The Morgan fingerprint density at radius 2 is 1.83 bits per heavy atom. The van der Waals surface area contributed by atoms with Gasteiger partial charge in [-0.05, 0) is 50.1 Å². The SMILES string of the molecule is Cc1cnc(N)c(-c2ccc(OC(C)C)cc2)c1. The number of hydrogen-bond donors (Lipinski definition) is 1. The van der Waals surface area contributed by atoms with Gasteiger partial charge in [0.25, 0.3) is 0 Å². The molecular formula is C15H18N2O. The van der Waals surface area contributed by atoms with Crippen molar-refractivity contribution in [3.63, 3.8) is 0 Å². The Balaban J connectivity index is 2.31.